The van der Waals surface area contributed by atoms with Crippen LogP contribution in [0.4, 0.5) is 17.6 Å². The second kappa shape index (κ2) is 7.33. The molecule has 138 valence electrons. The van der Waals surface area contributed by atoms with Crippen molar-refractivity contribution in [3.05, 3.63) is 35.2 Å². The topological polar surface area (TPSA) is 27.7 Å². The van der Waals surface area contributed by atoms with E-state index < -0.39 is 17.9 Å². The number of alkyl halides is 3. The minimum absolute atomic E-state index is 0.120. The molecule has 0 amide bonds. The predicted molar refractivity (Wildman–Crippen MR) is 83.4 cm³/mol. The molecule has 1 aliphatic heterocycles. The van der Waals surface area contributed by atoms with Crippen LogP contribution in [-0.2, 0) is 9.47 Å². The first kappa shape index (κ1) is 18.2. The van der Waals surface area contributed by atoms with E-state index in [9.17, 15) is 17.6 Å². The highest BCUT2D eigenvalue weighted by atomic mass is 19.4. The van der Waals surface area contributed by atoms with Crippen molar-refractivity contribution in [3.63, 3.8) is 0 Å². The lowest BCUT2D eigenvalue weighted by molar-refractivity contribution is -0.275. The second-order valence-electron chi connectivity index (χ2n) is 6.38. The molecule has 0 radical (unpaired) electrons. The number of hydrogen-bond acceptors (Lipinski definition) is 3. The molecule has 3 nitrogen and oxygen atoms in total. The van der Waals surface area contributed by atoms with Crippen molar-refractivity contribution in [2.45, 2.75) is 45.3 Å². The van der Waals surface area contributed by atoms with E-state index in [0.717, 1.165) is 30.9 Å². The van der Waals surface area contributed by atoms with Crippen LogP contribution in [0.2, 0.25) is 0 Å². The maximum Gasteiger partial charge on any atom is 0.573 e. The molecule has 0 N–H and O–H groups in total. The lowest BCUT2D eigenvalue weighted by Crippen LogP contribution is -2.33. The summed E-state index contributed by atoms with van der Waals surface area (Å²) in [5.74, 6) is -1.52. The average molecular weight is 360 g/mol. The minimum atomic E-state index is -4.91. The molecule has 0 bridgehead atoms. The Morgan fingerprint density at radius 3 is 2.44 bits per heavy atom. The van der Waals surface area contributed by atoms with Crippen molar-refractivity contribution in [1.29, 1.82) is 0 Å². The Bertz CT molecular complexity index is 625. The van der Waals surface area contributed by atoms with E-state index >= 15 is 0 Å². The van der Waals surface area contributed by atoms with Crippen LogP contribution in [0.3, 0.4) is 0 Å². The third-order valence-corrected chi connectivity index (χ3v) is 4.51. The van der Waals surface area contributed by atoms with Gasteiger partial charge in [0.05, 0.1) is 13.2 Å². The maximum atomic E-state index is 14.1. The van der Waals surface area contributed by atoms with Crippen molar-refractivity contribution in [2.75, 3.05) is 13.2 Å². The van der Waals surface area contributed by atoms with Crippen LogP contribution in [0.15, 0.2) is 18.2 Å². The van der Waals surface area contributed by atoms with Crippen LogP contribution in [0.25, 0.3) is 5.57 Å². The monoisotopic (exact) mass is 360 g/mol. The highest BCUT2D eigenvalue weighted by Gasteiger charge is 2.33. The second-order valence-corrected chi connectivity index (χ2v) is 6.38. The molecule has 1 aromatic carbocycles. The van der Waals surface area contributed by atoms with Crippen molar-refractivity contribution in [1.82, 2.24) is 0 Å². The van der Waals surface area contributed by atoms with Crippen LogP contribution in [-0.4, -0.2) is 25.9 Å². The van der Waals surface area contributed by atoms with E-state index in [2.05, 4.69) is 4.74 Å². The molecule has 3 rings (SSSR count). The zero-order valence-electron chi connectivity index (χ0n) is 13.9. The Labute approximate surface area is 143 Å². The molecule has 1 unspecified atom stereocenters. The summed E-state index contributed by atoms with van der Waals surface area (Å²) in [5, 5.41) is 0. The van der Waals surface area contributed by atoms with Gasteiger partial charge < -0.3 is 14.2 Å². The number of halogens is 4. The molecule has 25 heavy (non-hydrogen) atoms. The summed E-state index contributed by atoms with van der Waals surface area (Å²) in [6, 6.07) is 2.64. The highest BCUT2D eigenvalue weighted by Crippen LogP contribution is 2.37. The predicted octanol–water partition coefficient (Wildman–Crippen LogP) is 4.98. The number of aryl methyl sites for hydroxylation is 1. The minimum Gasteiger partial charge on any atom is -0.402 e. The van der Waals surface area contributed by atoms with Gasteiger partial charge in [0, 0.05) is 5.92 Å². The van der Waals surface area contributed by atoms with Gasteiger partial charge in [0.25, 0.3) is 0 Å². The van der Waals surface area contributed by atoms with Crippen LogP contribution < -0.4 is 4.74 Å². The van der Waals surface area contributed by atoms with Gasteiger partial charge in [0.2, 0.25) is 0 Å². The molecule has 7 heteroatoms. The first-order chi connectivity index (χ1) is 11.8. The van der Waals surface area contributed by atoms with E-state index in [1.165, 1.54) is 13.0 Å². The number of benzene rings is 1. The Morgan fingerprint density at radius 2 is 1.88 bits per heavy atom. The number of allylic oxidation sites excluding steroid dienone is 2. The largest absolute Gasteiger partial charge is 0.573 e. The lowest BCUT2D eigenvalue weighted by Gasteiger charge is -2.32. The lowest BCUT2D eigenvalue weighted by atomic mass is 9.85. The normalized spacial score (nSPS) is 22.6. The quantitative estimate of drug-likeness (QED) is 0.712. The SMILES string of the molecule is Cc1cc(C2=CCC(C3OCCCO3)CC2)cc(F)c1OC(F)(F)F. The third-order valence-electron chi connectivity index (χ3n) is 4.51. The summed E-state index contributed by atoms with van der Waals surface area (Å²) in [7, 11) is 0. The van der Waals surface area contributed by atoms with Gasteiger partial charge in [0.15, 0.2) is 17.9 Å². The van der Waals surface area contributed by atoms with Gasteiger partial charge in [-0.25, -0.2) is 4.39 Å². The highest BCUT2D eigenvalue weighted by molar-refractivity contribution is 5.68. The summed E-state index contributed by atoms with van der Waals surface area (Å²) in [6.45, 7) is 2.80. The van der Waals surface area contributed by atoms with Gasteiger partial charge in [-0.15, -0.1) is 13.2 Å². The fourth-order valence-corrected chi connectivity index (χ4v) is 3.30. The summed E-state index contributed by atoms with van der Waals surface area (Å²) in [6.07, 6.45) is 0.0480. The van der Waals surface area contributed by atoms with Crippen molar-refractivity contribution < 1.29 is 31.8 Å². The smallest absolute Gasteiger partial charge is 0.402 e. The molecule has 0 spiro atoms. The Kier molecular flexibility index (Phi) is 5.34. The molecule has 1 heterocycles. The first-order valence-corrected chi connectivity index (χ1v) is 8.32. The molecule has 0 saturated carbocycles. The van der Waals surface area contributed by atoms with E-state index in [4.69, 9.17) is 9.47 Å². The molecule has 1 aromatic rings. The summed E-state index contributed by atoms with van der Waals surface area (Å²) >= 11 is 0. The van der Waals surface area contributed by atoms with E-state index in [-0.39, 0.29) is 17.8 Å². The zero-order valence-corrected chi connectivity index (χ0v) is 13.9. The Morgan fingerprint density at radius 1 is 1.16 bits per heavy atom. The Balaban J connectivity index is 1.73. The maximum absolute atomic E-state index is 14.1. The standard InChI is InChI=1S/C18H20F4O3/c1-11-9-14(10-15(19)16(11)25-18(20,21)22)12-3-5-13(6-4-12)17-23-7-2-8-24-17/h3,9-10,13,17H,2,4-8H2,1H3. The zero-order chi connectivity index (χ0) is 18.0. The van der Waals surface area contributed by atoms with Gasteiger partial charge >= 0.3 is 6.36 Å². The number of hydrogen-bond donors (Lipinski definition) is 0. The van der Waals surface area contributed by atoms with Crippen LogP contribution in [0, 0.1) is 18.7 Å². The van der Waals surface area contributed by atoms with Crippen LogP contribution in [0.1, 0.15) is 36.8 Å². The van der Waals surface area contributed by atoms with Gasteiger partial charge in [-0.1, -0.05) is 6.08 Å². The first-order valence-electron chi connectivity index (χ1n) is 8.32. The third kappa shape index (κ3) is 4.52. The molecule has 1 fully saturated rings. The average Bonchev–Trinajstić information content (AvgIpc) is 2.58. The summed E-state index contributed by atoms with van der Waals surface area (Å²) in [4.78, 5) is 0. The Hall–Kier alpha value is -1.60. The van der Waals surface area contributed by atoms with E-state index in [1.807, 2.05) is 6.08 Å². The van der Waals surface area contributed by atoms with Gasteiger partial charge in [-0.05, 0) is 61.4 Å². The van der Waals surface area contributed by atoms with Gasteiger partial charge in [-0.2, -0.15) is 0 Å². The summed E-state index contributed by atoms with van der Waals surface area (Å²) in [5.41, 5.74) is 1.63. The van der Waals surface area contributed by atoms with Gasteiger partial charge in [0.1, 0.15) is 0 Å². The molecule has 1 saturated heterocycles. The molecule has 0 aromatic heterocycles. The van der Waals surface area contributed by atoms with Crippen molar-refractivity contribution in [2.24, 2.45) is 5.92 Å². The van der Waals surface area contributed by atoms with Gasteiger partial charge in [-0.3, -0.25) is 0 Å². The molecular weight excluding hydrogens is 340 g/mol. The number of rotatable bonds is 3. The molecular formula is C18H20F4O3. The van der Waals surface area contributed by atoms with Crippen molar-refractivity contribution >= 4 is 5.57 Å². The van der Waals surface area contributed by atoms with Crippen LogP contribution in [0.5, 0.6) is 5.75 Å². The van der Waals surface area contributed by atoms with E-state index in [0.29, 0.717) is 25.2 Å². The fraction of sp³-hybridized carbons (Fsp3) is 0.556. The number of ether oxygens (including phenoxy) is 3. The molecule has 2 aliphatic rings. The van der Waals surface area contributed by atoms with Crippen LogP contribution >= 0.6 is 0 Å². The van der Waals surface area contributed by atoms with Crippen molar-refractivity contribution in [3.8, 4) is 5.75 Å². The molecule has 1 atom stereocenters. The van der Waals surface area contributed by atoms with E-state index in [1.54, 1.807) is 0 Å². The summed E-state index contributed by atoms with van der Waals surface area (Å²) < 4.78 is 66.2. The molecule has 1 aliphatic carbocycles. The fourth-order valence-electron chi connectivity index (χ4n) is 3.30.